The van der Waals surface area contributed by atoms with Crippen molar-refractivity contribution in [2.45, 2.75) is 12.8 Å². The number of hydrogen-bond donors (Lipinski definition) is 1. The summed E-state index contributed by atoms with van der Waals surface area (Å²) in [5, 5.41) is 0. The lowest BCUT2D eigenvalue weighted by molar-refractivity contribution is 0.235. The molecule has 1 aliphatic rings. The maximum Gasteiger partial charge on any atom is 0.122 e. The van der Waals surface area contributed by atoms with Gasteiger partial charge in [0.15, 0.2) is 0 Å². The quantitative estimate of drug-likeness (QED) is 0.799. The first-order valence-corrected chi connectivity index (χ1v) is 5.80. The third-order valence-corrected chi connectivity index (χ3v) is 3.10. The van der Waals surface area contributed by atoms with Crippen molar-refractivity contribution in [2.24, 2.45) is 17.6 Å². The number of nitrogens with two attached hydrogens (primary N) is 1. The zero-order chi connectivity index (χ0) is 11.4. The predicted octanol–water partition coefficient (Wildman–Crippen LogP) is 2.06. The van der Waals surface area contributed by atoms with Gasteiger partial charge in [0.05, 0.1) is 13.7 Å². The molecule has 2 rings (SSSR count). The van der Waals surface area contributed by atoms with Crippen molar-refractivity contribution < 1.29 is 9.47 Å². The first-order valence-electron chi connectivity index (χ1n) is 5.80. The molecule has 2 N–H and O–H groups in total. The van der Waals surface area contributed by atoms with Gasteiger partial charge in [0, 0.05) is 12.0 Å². The molecule has 0 radical (unpaired) electrons. The Morgan fingerprint density at radius 1 is 1.38 bits per heavy atom. The fourth-order valence-electron chi connectivity index (χ4n) is 1.86. The normalized spacial score (nSPS) is 16.9. The predicted molar refractivity (Wildman–Crippen MR) is 63.8 cm³/mol. The van der Waals surface area contributed by atoms with Crippen molar-refractivity contribution in [3.8, 4) is 11.5 Å². The van der Waals surface area contributed by atoms with E-state index in [1.807, 2.05) is 24.3 Å². The van der Waals surface area contributed by atoms with E-state index in [-0.39, 0.29) is 0 Å². The van der Waals surface area contributed by atoms with Crippen LogP contribution in [0.4, 0.5) is 0 Å². The molecule has 1 aliphatic carbocycles. The lowest BCUT2D eigenvalue weighted by atomic mass is 10.1. The number of benzene rings is 1. The van der Waals surface area contributed by atoms with E-state index in [9.17, 15) is 0 Å². The van der Waals surface area contributed by atoms with Crippen LogP contribution in [-0.4, -0.2) is 20.3 Å². The van der Waals surface area contributed by atoms with Crippen molar-refractivity contribution in [1.29, 1.82) is 0 Å². The molecular weight excluding hydrogens is 202 g/mol. The van der Waals surface area contributed by atoms with Gasteiger partial charge < -0.3 is 15.2 Å². The van der Waals surface area contributed by atoms with Crippen LogP contribution in [0, 0.1) is 11.8 Å². The van der Waals surface area contributed by atoms with E-state index in [0.29, 0.717) is 19.1 Å². The summed E-state index contributed by atoms with van der Waals surface area (Å²) in [4.78, 5) is 0. The number of rotatable bonds is 6. The molecule has 1 unspecified atom stereocenters. The van der Waals surface area contributed by atoms with Crippen LogP contribution >= 0.6 is 0 Å². The second-order valence-corrected chi connectivity index (χ2v) is 4.32. The SMILES string of the molecule is COc1cccc(OCC(CN)C2CC2)c1. The standard InChI is InChI=1S/C13H19NO2/c1-15-12-3-2-4-13(7-12)16-9-11(8-14)10-5-6-10/h2-4,7,10-11H,5-6,8-9,14H2,1H3. The second-order valence-electron chi connectivity index (χ2n) is 4.32. The molecule has 0 aliphatic heterocycles. The Morgan fingerprint density at radius 3 is 2.75 bits per heavy atom. The average Bonchev–Trinajstić information content (AvgIpc) is 3.15. The molecule has 16 heavy (non-hydrogen) atoms. The summed E-state index contributed by atoms with van der Waals surface area (Å²) in [6.45, 7) is 1.43. The van der Waals surface area contributed by atoms with Gasteiger partial charge in [-0.25, -0.2) is 0 Å². The first kappa shape index (κ1) is 11.3. The Morgan fingerprint density at radius 2 is 2.12 bits per heavy atom. The van der Waals surface area contributed by atoms with E-state index in [4.69, 9.17) is 15.2 Å². The summed E-state index contributed by atoms with van der Waals surface area (Å²) in [6.07, 6.45) is 2.62. The van der Waals surface area contributed by atoms with Crippen molar-refractivity contribution in [2.75, 3.05) is 20.3 Å². The van der Waals surface area contributed by atoms with Gasteiger partial charge >= 0.3 is 0 Å². The minimum absolute atomic E-state index is 0.506. The summed E-state index contributed by atoms with van der Waals surface area (Å²) >= 11 is 0. The molecule has 0 saturated heterocycles. The second kappa shape index (κ2) is 5.21. The van der Waals surface area contributed by atoms with Gasteiger partial charge in [-0.3, -0.25) is 0 Å². The van der Waals surface area contributed by atoms with E-state index in [0.717, 1.165) is 17.4 Å². The Hall–Kier alpha value is -1.22. The molecule has 1 fully saturated rings. The fourth-order valence-corrected chi connectivity index (χ4v) is 1.86. The van der Waals surface area contributed by atoms with Crippen LogP contribution in [0.3, 0.4) is 0 Å². The molecule has 0 spiro atoms. The van der Waals surface area contributed by atoms with E-state index in [2.05, 4.69) is 0 Å². The summed E-state index contributed by atoms with van der Waals surface area (Å²) in [7, 11) is 1.66. The van der Waals surface area contributed by atoms with Crippen molar-refractivity contribution >= 4 is 0 Å². The highest BCUT2D eigenvalue weighted by Crippen LogP contribution is 2.36. The summed E-state index contributed by atoms with van der Waals surface area (Å²) < 4.78 is 10.9. The zero-order valence-corrected chi connectivity index (χ0v) is 9.69. The molecule has 88 valence electrons. The molecule has 0 aromatic heterocycles. The molecule has 1 saturated carbocycles. The third kappa shape index (κ3) is 2.89. The van der Waals surface area contributed by atoms with E-state index >= 15 is 0 Å². The van der Waals surface area contributed by atoms with Gasteiger partial charge in [0.25, 0.3) is 0 Å². The molecule has 3 heteroatoms. The first-order chi connectivity index (χ1) is 7.83. The fraction of sp³-hybridized carbons (Fsp3) is 0.538. The van der Waals surface area contributed by atoms with Gasteiger partial charge in [-0.15, -0.1) is 0 Å². The molecule has 1 atom stereocenters. The maximum atomic E-state index is 5.74. The van der Waals surface area contributed by atoms with Gasteiger partial charge in [0.1, 0.15) is 11.5 Å². The maximum absolute atomic E-state index is 5.74. The monoisotopic (exact) mass is 221 g/mol. The van der Waals surface area contributed by atoms with E-state index in [1.54, 1.807) is 7.11 Å². The topological polar surface area (TPSA) is 44.5 Å². The van der Waals surface area contributed by atoms with Crippen LogP contribution in [0.1, 0.15) is 12.8 Å². The Balaban J connectivity index is 1.87. The molecular formula is C13H19NO2. The number of ether oxygens (including phenoxy) is 2. The smallest absolute Gasteiger partial charge is 0.122 e. The van der Waals surface area contributed by atoms with Crippen LogP contribution in [0.25, 0.3) is 0 Å². The lowest BCUT2D eigenvalue weighted by Crippen LogP contribution is -2.23. The van der Waals surface area contributed by atoms with Crippen molar-refractivity contribution in [1.82, 2.24) is 0 Å². The Kier molecular flexibility index (Phi) is 3.67. The Bertz CT molecular complexity index is 336. The lowest BCUT2D eigenvalue weighted by Gasteiger charge is -2.15. The zero-order valence-electron chi connectivity index (χ0n) is 9.69. The van der Waals surface area contributed by atoms with Gasteiger partial charge in [0.2, 0.25) is 0 Å². The summed E-state index contributed by atoms with van der Waals surface area (Å²) in [5.74, 6) is 2.98. The van der Waals surface area contributed by atoms with Crippen LogP contribution in [0.15, 0.2) is 24.3 Å². The van der Waals surface area contributed by atoms with Gasteiger partial charge in [-0.1, -0.05) is 6.07 Å². The molecule has 0 bridgehead atoms. The van der Waals surface area contributed by atoms with Crippen molar-refractivity contribution in [3.63, 3.8) is 0 Å². The molecule has 1 aromatic rings. The van der Waals surface area contributed by atoms with Gasteiger partial charge in [-0.05, 0) is 37.4 Å². The highest BCUT2D eigenvalue weighted by Gasteiger charge is 2.30. The van der Waals surface area contributed by atoms with Gasteiger partial charge in [-0.2, -0.15) is 0 Å². The molecule has 0 amide bonds. The van der Waals surface area contributed by atoms with E-state index < -0.39 is 0 Å². The highest BCUT2D eigenvalue weighted by atomic mass is 16.5. The third-order valence-electron chi connectivity index (χ3n) is 3.10. The molecule has 0 heterocycles. The summed E-state index contributed by atoms with van der Waals surface area (Å²) in [6, 6.07) is 7.69. The van der Waals surface area contributed by atoms with Crippen molar-refractivity contribution in [3.05, 3.63) is 24.3 Å². The largest absolute Gasteiger partial charge is 0.497 e. The summed E-state index contributed by atoms with van der Waals surface area (Å²) in [5.41, 5.74) is 5.73. The minimum atomic E-state index is 0.506. The average molecular weight is 221 g/mol. The number of hydrogen-bond acceptors (Lipinski definition) is 3. The highest BCUT2D eigenvalue weighted by molar-refractivity contribution is 5.32. The minimum Gasteiger partial charge on any atom is -0.497 e. The molecule has 3 nitrogen and oxygen atoms in total. The van der Waals surface area contributed by atoms with Crippen LogP contribution in [0.2, 0.25) is 0 Å². The van der Waals surface area contributed by atoms with Crippen LogP contribution < -0.4 is 15.2 Å². The number of methoxy groups -OCH3 is 1. The Labute approximate surface area is 96.5 Å². The van der Waals surface area contributed by atoms with E-state index in [1.165, 1.54) is 12.8 Å². The molecule has 1 aromatic carbocycles. The van der Waals surface area contributed by atoms with Crippen LogP contribution in [0.5, 0.6) is 11.5 Å². The van der Waals surface area contributed by atoms with Crippen LogP contribution in [-0.2, 0) is 0 Å².